The van der Waals surface area contributed by atoms with Gasteiger partial charge in [0.1, 0.15) is 5.39 Å². The zero-order valence-corrected chi connectivity index (χ0v) is 15.1. The maximum atomic E-state index is 12.6. The van der Waals surface area contributed by atoms with E-state index < -0.39 is 5.97 Å². The Bertz CT molecular complexity index is 1010. The third-order valence-electron chi connectivity index (χ3n) is 4.12. The zero-order valence-electron chi connectivity index (χ0n) is 15.1. The molecule has 0 atom stereocenters. The summed E-state index contributed by atoms with van der Waals surface area (Å²) in [5.74, 6) is -0.402. The maximum Gasteiger partial charge on any atom is 0.497 e. The number of hydrogen-bond donors (Lipinski definition) is 1. The van der Waals surface area contributed by atoms with Crippen LogP contribution < -0.4 is 4.90 Å². The van der Waals surface area contributed by atoms with Crippen LogP contribution in [0.5, 0.6) is 0 Å². The van der Waals surface area contributed by atoms with E-state index in [-0.39, 0.29) is 12.4 Å². The summed E-state index contributed by atoms with van der Waals surface area (Å²) >= 11 is 0. The molecule has 0 saturated carbocycles. The second-order valence-electron chi connectivity index (χ2n) is 5.98. The molecule has 0 aliphatic carbocycles. The number of nitrogens with zero attached hydrogens (tertiary/aromatic N) is 5. The first kappa shape index (κ1) is 17.4. The number of carbonyl (C=O) groups excluding carboxylic acids is 1. The summed E-state index contributed by atoms with van der Waals surface area (Å²) in [5, 5.41) is 16.5. The Hall–Kier alpha value is -3.47. The van der Waals surface area contributed by atoms with Crippen LogP contribution in [-0.4, -0.2) is 41.9 Å². The van der Waals surface area contributed by atoms with Gasteiger partial charge in [0.05, 0.1) is 28.4 Å². The third-order valence-corrected chi connectivity index (χ3v) is 4.12. The lowest BCUT2D eigenvalue weighted by molar-refractivity contribution is 0.0526. The normalized spacial score (nSPS) is 10.6. The number of aromatic amines is 1. The number of benzene rings is 1. The predicted octanol–water partition coefficient (Wildman–Crippen LogP) is 3.66. The minimum absolute atomic E-state index is 0.0738. The number of ether oxygens (including phenoxy) is 1. The van der Waals surface area contributed by atoms with Crippen molar-refractivity contribution >= 4 is 28.5 Å². The Morgan fingerprint density at radius 2 is 2.00 bits per heavy atom. The molecule has 8 heteroatoms. The number of pyridine rings is 1. The SMILES string of the molecule is CCOC(=O)c1c(C)nc2[nH]nc([N+]#N)c2c1-c1ccc(N(C)C)cc1. The van der Waals surface area contributed by atoms with Crippen molar-refractivity contribution in [3.05, 3.63) is 40.5 Å². The molecule has 1 N–H and O–H groups in total. The molecule has 0 saturated heterocycles. The topological polar surface area (TPSA) is 99.3 Å². The Morgan fingerprint density at radius 3 is 2.58 bits per heavy atom. The molecule has 0 fully saturated rings. The number of anilines is 1. The van der Waals surface area contributed by atoms with E-state index in [1.54, 1.807) is 13.8 Å². The molecule has 0 spiro atoms. The molecule has 0 aliphatic rings. The highest BCUT2D eigenvalue weighted by molar-refractivity contribution is 6.10. The van der Waals surface area contributed by atoms with Gasteiger partial charge in [-0.1, -0.05) is 12.1 Å². The van der Waals surface area contributed by atoms with Gasteiger partial charge >= 0.3 is 11.8 Å². The summed E-state index contributed by atoms with van der Waals surface area (Å²) in [6.07, 6.45) is 0. The summed E-state index contributed by atoms with van der Waals surface area (Å²) in [4.78, 5) is 22.2. The van der Waals surface area contributed by atoms with Crippen LogP contribution in [-0.2, 0) is 4.74 Å². The second-order valence-corrected chi connectivity index (χ2v) is 5.98. The van der Waals surface area contributed by atoms with Crippen molar-refractivity contribution in [1.29, 1.82) is 5.39 Å². The number of diazo groups is 1. The number of fused-ring (bicyclic) bond motifs is 1. The number of aryl methyl sites for hydroxylation is 1. The molecule has 0 bridgehead atoms. The minimum Gasteiger partial charge on any atom is -0.462 e. The molecular formula is C18H19N6O2+. The van der Waals surface area contributed by atoms with Gasteiger partial charge in [-0.15, -0.1) is 0 Å². The summed E-state index contributed by atoms with van der Waals surface area (Å²) in [5.41, 5.74) is 3.67. The minimum atomic E-state index is -0.476. The molecule has 2 heterocycles. The average Bonchev–Trinajstić information content (AvgIpc) is 3.03. The lowest BCUT2D eigenvalue weighted by Crippen LogP contribution is -2.11. The zero-order chi connectivity index (χ0) is 18.8. The number of rotatable bonds is 4. The van der Waals surface area contributed by atoms with E-state index in [0.29, 0.717) is 27.9 Å². The molecule has 26 heavy (non-hydrogen) atoms. The van der Waals surface area contributed by atoms with E-state index in [0.717, 1.165) is 11.3 Å². The fraction of sp³-hybridized carbons (Fsp3) is 0.278. The Kier molecular flexibility index (Phi) is 4.54. The number of aromatic nitrogens is 3. The van der Waals surface area contributed by atoms with Crippen molar-refractivity contribution in [2.45, 2.75) is 13.8 Å². The van der Waals surface area contributed by atoms with Crippen molar-refractivity contribution in [3.63, 3.8) is 0 Å². The lowest BCUT2D eigenvalue weighted by Gasteiger charge is -2.15. The quantitative estimate of drug-likeness (QED) is 0.569. The van der Waals surface area contributed by atoms with Crippen LogP contribution in [0.1, 0.15) is 23.0 Å². The number of carbonyl (C=O) groups is 1. The highest BCUT2D eigenvalue weighted by Gasteiger charge is 2.29. The van der Waals surface area contributed by atoms with E-state index in [1.807, 2.05) is 43.3 Å². The highest BCUT2D eigenvalue weighted by atomic mass is 16.5. The molecule has 8 nitrogen and oxygen atoms in total. The van der Waals surface area contributed by atoms with Crippen molar-refractivity contribution in [2.75, 3.05) is 25.6 Å². The number of hydrogen-bond acceptors (Lipinski definition) is 6. The molecule has 1 aromatic carbocycles. The van der Waals surface area contributed by atoms with Crippen molar-refractivity contribution in [2.24, 2.45) is 0 Å². The standard InChI is InChI=1S/C18H18N6O2/c1-5-26-18(25)13-10(2)20-16-15(17(21-19)23-22-16)14(13)11-6-8-12(9-7-11)24(3)4/h6-9H,5H2,1-4H3/p+1. The van der Waals surface area contributed by atoms with Gasteiger partial charge in [0.2, 0.25) is 0 Å². The van der Waals surface area contributed by atoms with Crippen LogP contribution in [0.4, 0.5) is 11.5 Å². The molecule has 132 valence electrons. The maximum absolute atomic E-state index is 12.6. The summed E-state index contributed by atoms with van der Waals surface area (Å²) in [6.45, 7) is 3.73. The average molecular weight is 351 g/mol. The molecule has 0 aliphatic heterocycles. The summed E-state index contributed by atoms with van der Waals surface area (Å²) in [7, 11) is 3.90. The second kappa shape index (κ2) is 6.80. The molecule has 0 unspecified atom stereocenters. The van der Waals surface area contributed by atoms with E-state index in [4.69, 9.17) is 4.74 Å². The van der Waals surface area contributed by atoms with Crippen LogP contribution in [0.15, 0.2) is 24.3 Å². The fourth-order valence-corrected chi connectivity index (χ4v) is 2.90. The molecule has 3 aromatic rings. The predicted molar refractivity (Wildman–Crippen MR) is 99.1 cm³/mol. The van der Waals surface area contributed by atoms with E-state index >= 15 is 0 Å². The number of H-pyrrole nitrogens is 1. The highest BCUT2D eigenvalue weighted by Crippen LogP contribution is 2.38. The van der Waals surface area contributed by atoms with Gasteiger partial charge in [0, 0.05) is 30.3 Å². The fourth-order valence-electron chi connectivity index (χ4n) is 2.90. The van der Waals surface area contributed by atoms with Crippen LogP contribution in [0.2, 0.25) is 0 Å². The number of nitrogens with one attached hydrogen (secondary N) is 1. The van der Waals surface area contributed by atoms with Crippen LogP contribution in [0.3, 0.4) is 0 Å². The molecular weight excluding hydrogens is 332 g/mol. The van der Waals surface area contributed by atoms with Crippen LogP contribution >= 0.6 is 0 Å². The van der Waals surface area contributed by atoms with Crippen LogP contribution in [0, 0.1) is 12.3 Å². The van der Waals surface area contributed by atoms with E-state index in [1.165, 1.54) is 0 Å². The van der Waals surface area contributed by atoms with E-state index in [9.17, 15) is 10.2 Å². The van der Waals surface area contributed by atoms with Gasteiger partial charge < -0.3 is 9.64 Å². The molecule has 0 amide bonds. The van der Waals surface area contributed by atoms with Gasteiger partial charge in [-0.2, -0.15) is 5.10 Å². The van der Waals surface area contributed by atoms with Crippen molar-refractivity contribution in [1.82, 2.24) is 15.2 Å². The Labute approximate surface area is 150 Å². The molecule has 2 aromatic heterocycles. The van der Waals surface area contributed by atoms with Gasteiger partial charge in [-0.05, 0) is 31.5 Å². The molecule has 3 rings (SSSR count). The first-order chi connectivity index (χ1) is 12.5. The molecule has 0 radical (unpaired) electrons. The van der Waals surface area contributed by atoms with Gasteiger partial charge in [0.15, 0.2) is 5.65 Å². The first-order valence-corrected chi connectivity index (χ1v) is 8.16. The van der Waals surface area contributed by atoms with Crippen LogP contribution in [0.25, 0.3) is 27.1 Å². The first-order valence-electron chi connectivity index (χ1n) is 8.16. The third kappa shape index (κ3) is 2.84. The van der Waals surface area contributed by atoms with E-state index in [2.05, 4.69) is 20.2 Å². The van der Waals surface area contributed by atoms with Gasteiger partial charge in [-0.25, -0.2) is 9.78 Å². The van der Waals surface area contributed by atoms with Crippen molar-refractivity contribution in [3.8, 4) is 11.1 Å². The lowest BCUT2D eigenvalue weighted by atomic mass is 9.95. The largest absolute Gasteiger partial charge is 0.497 e. The monoisotopic (exact) mass is 351 g/mol. The Morgan fingerprint density at radius 1 is 1.31 bits per heavy atom. The smallest absolute Gasteiger partial charge is 0.462 e. The van der Waals surface area contributed by atoms with Crippen molar-refractivity contribution < 1.29 is 9.53 Å². The van der Waals surface area contributed by atoms with Gasteiger partial charge in [0.25, 0.3) is 0 Å². The summed E-state index contributed by atoms with van der Waals surface area (Å²) < 4.78 is 5.22. The summed E-state index contributed by atoms with van der Waals surface area (Å²) in [6, 6.07) is 7.70. The number of esters is 1. The Balaban J connectivity index is 2.35. The van der Waals surface area contributed by atoms with Gasteiger partial charge in [-0.3, -0.25) is 0 Å².